The van der Waals surface area contributed by atoms with Crippen LogP contribution in [0, 0.1) is 0 Å². The van der Waals surface area contributed by atoms with Gasteiger partial charge in [0.25, 0.3) is 6.47 Å². The zero-order valence-electron chi connectivity index (χ0n) is 7.38. The standard InChI is InChI=1S/C8H8N2O.CH2O2/c1-2-8(11)10-7-5-3-4-6-9-7;2-1-3/h2-6H,1H2,(H,9,10,11);1H,(H,2,3). The van der Waals surface area contributed by atoms with E-state index >= 15 is 0 Å². The van der Waals surface area contributed by atoms with Crippen LogP contribution in [0.1, 0.15) is 0 Å². The summed E-state index contributed by atoms with van der Waals surface area (Å²) in [6, 6.07) is 5.29. The summed E-state index contributed by atoms with van der Waals surface area (Å²) in [5.74, 6) is 0.293. The molecule has 1 rings (SSSR count). The first-order chi connectivity index (χ1) is 6.74. The van der Waals surface area contributed by atoms with Gasteiger partial charge in [0, 0.05) is 6.20 Å². The van der Waals surface area contributed by atoms with E-state index in [0.29, 0.717) is 5.82 Å². The number of carboxylic acid groups (broad SMARTS) is 1. The highest BCUT2D eigenvalue weighted by molar-refractivity contribution is 5.98. The highest BCUT2D eigenvalue weighted by Gasteiger charge is 1.94. The molecule has 0 saturated carbocycles. The molecule has 2 N–H and O–H groups in total. The third-order valence-electron chi connectivity index (χ3n) is 1.10. The van der Waals surface area contributed by atoms with Gasteiger partial charge in [0.15, 0.2) is 0 Å². The lowest BCUT2D eigenvalue weighted by Gasteiger charge is -1.97. The number of carbonyl (C=O) groups is 2. The molecule has 0 radical (unpaired) electrons. The molecule has 0 aromatic carbocycles. The Kier molecular flexibility index (Phi) is 6.32. The maximum atomic E-state index is 10.7. The lowest BCUT2D eigenvalue weighted by atomic mass is 10.4. The molecule has 0 bridgehead atoms. The molecule has 0 aliphatic heterocycles. The van der Waals surface area contributed by atoms with Crippen molar-refractivity contribution in [3.8, 4) is 0 Å². The number of rotatable bonds is 2. The zero-order valence-corrected chi connectivity index (χ0v) is 7.38. The summed E-state index contributed by atoms with van der Waals surface area (Å²) in [6.07, 6.45) is 2.81. The maximum Gasteiger partial charge on any atom is 0.290 e. The van der Waals surface area contributed by atoms with E-state index in [1.807, 2.05) is 0 Å². The molecule has 5 nitrogen and oxygen atoms in total. The van der Waals surface area contributed by atoms with Gasteiger partial charge in [-0.05, 0) is 18.2 Å². The Bertz CT molecular complexity index is 298. The van der Waals surface area contributed by atoms with Gasteiger partial charge in [-0.1, -0.05) is 12.6 Å². The Hall–Kier alpha value is -2.17. The quantitative estimate of drug-likeness (QED) is 0.541. The topological polar surface area (TPSA) is 79.3 Å². The SMILES string of the molecule is C=CC(=O)Nc1ccccn1.O=CO. The Morgan fingerprint density at radius 1 is 1.57 bits per heavy atom. The number of anilines is 1. The van der Waals surface area contributed by atoms with E-state index in [1.54, 1.807) is 24.4 Å². The van der Waals surface area contributed by atoms with Crippen LogP contribution >= 0.6 is 0 Å². The van der Waals surface area contributed by atoms with E-state index in [-0.39, 0.29) is 12.4 Å². The molecule has 1 aromatic heterocycles. The van der Waals surface area contributed by atoms with Gasteiger partial charge in [-0.25, -0.2) is 4.98 Å². The normalized spacial score (nSPS) is 7.71. The lowest BCUT2D eigenvalue weighted by molar-refractivity contribution is -0.122. The minimum atomic E-state index is -0.250. The third-order valence-corrected chi connectivity index (χ3v) is 1.10. The zero-order chi connectivity index (χ0) is 10.8. The second kappa shape index (κ2) is 7.48. The van der Waals surface area contributed by atoms with E-state index in [9.17, 15) is 4.79 Å². The van der Waals surface area contributed by atoms with E-state index in [2.05, 4.69) is 16.9 Å². The first kappa shape index (κ1) is 11.8. The number of hydrogen-bond acceptors (Lipinski definition) is 3. The predicted octanol–water partition coefficient (Wildman–Crippen LogP) is 0.907. The van der Waals surface area contributed by atoms with Crippen molar-refractivity contribution in [1.29, 1.82) is 0 Å². The Morgan fingerprint density at radius 3 is 2.64 bits per heavy atom. The number of nitrogens with one attached hydrogen (secondary N) is 1. The average Bonchev–Trinajstić information content (AvgIpc) is 2.20. The average molecular weight is 194 g/mol. The summed E-state index contributed by atoms with van der Waals surface area (Å²) in [6.45, 7) is 3.07. The summed E-state index contributed by atoms with van der Waals surface area (Å²) >= 11 is 0. The molecule has 0 atom stereocenters. The fourth-order valence-corrected chi connectivity index (χ4v) is 0.614. The minimum Gasteiger partial charge on any atom is -0.483 e. The van der Waals surface area contributed by atoms with E-state index in [4.69, 9.17) is 9.90 Å². The summed E-state index contributed by atoms with van der Waals surface area (Å²) < 4.78 is 0. The second-order valence-electron chi connectivity index (χ2n) is 2.01. The van der Waals surface area contributed by atoms with Crippen molar-refractivity contribution < 1.29 is 14.7 Å². The van der Waals surface area contributed by atoms with Crippen molar-refractivity contribution >= 4 is 18.2 Å². The lowest BCUT2D eigenvalue weighted by Crippen LogP contribution is -2.08. The molecule has 5 heteroatoms. The van der Waals surface area contributed by atoms with Crippen molar-refractivity contribution in [3.63, 3.8) is 0 Å². The van der Waals surface area contributed by atoms with Crippen molar-refractivity contribution in [2.75, 3.05) is 5.32 Å². The molecular formula is C9H10N2O3. The van der Waals surface area contributed by atoms with Crippen LogP contribution in [-0.4, -0.2) is 22.5 Å². The number of nitrogens with zero attached hydrogens (tertiary/aromatic N) is 1. The van der Waals surface area contributed by atoms with Crippen molar-refractivity contribution in [2.24, 2.45) is 0 Å². The highest BCUT2D eigenvalue weighted by Crippen LogP contribution is 1.98. The van der Waals surface area contributed by atoms with Gasteiger partial charge in [0.1, 0.15) is 5.82 Å². The number of hydrogen-bond donors (Lipinski definition) is 2. The van der Waals surface area contributed by atoms with Crippen molar-refractivity contribution in [2.45, 2.75) is 0 Å². The van der Waals surface area contributed by atoms with E-state index < -0.39 is 0 Å². The molecule has 0 aliphatic carbocycles. The van der Waals surface area contributed by atoms with E-state index in [1.165, 1.54) is 6.08 Å². The van der Waals surface area contributed by atoms with Crippen molar-refractivity contribution in [3.05, 3.63) is 37.1 Å². The fraction of sp³-hybridized carbons (Fsp3) is 0. The molecule has 74 valence electrons. The molecule has 0 saturated heterocycles. The molecule has 1 heterocycles. The van der Waals surface area contributed by atoms with Gasteiger partial charge in [-0.3, -0.25) is 9.59 Å². The smallest absolute Gasteiger partial charge is 0.290 e. The Labute approximate surface area is 81.1 Å². The van der Waals surface area contributed by atoms with Crippen LogP contribution in [0.15, 0.2) is 37.1 Å². The first-order valence-corrected chi connectivity index (χ1v) is 3.67. The monoisotopic (exact) mass is 194 g/mol. The number of pyridine rings is 1. The molecule has 1 amide bonds. The second-order valence-corrected chi connectivity index (χ2v) is 2.01. The maximum absolute atomic E-state index is 10.7. The van der Waals surface area contributed by atoms with E-state index in [0.717, 1.165) is 0 Å². The molecule has 14 heavy (non-hydrogen) atoms. The van der Waals surface area contributed by atoms with Crippen LogP contribution in [0.25, 0.3) is 0 Å². The molecular weight excluding hydrogens is 184 g/mol. The summed E-state index contributed by atoms with van der Waals surface area (Å²) in [5, 5.41) is 9.41. The van der Waals surface area contributed by atoms with Crippen LogP contribution in [0.3, 0.4) is 0 Å². The Morgan fingerprint density at radius 2 is 2.21 bits per heavy atom. The molecule has 1 aromatic rings. The van der Waals surface area contributed by atoms with Crippen LogP contribution in [-0.2, 0) is 9.59 Å². The van der Waals surface area contributed by atoms with Gasteiger partial charge in [-0.15, -0.1) is 0 Å². The van der Waals surface area contributed by atoms with Crippen LogP contribution < -0.4 is 5.32 Å². The number of aromatic nitrogens is 1. The largest absolute Gasteiger partial charge is 0.483 e. The summed E-state index contributed by atoms with van der Waals surface area (Å²) in [4.78, 5) is 23.0. The predicted molar refractivity (Wildman–Crippen MR) is 51.8 cm³/mol. The molecule has 0 aliphatic rings. The number of carbonyl (C=O) groups excluding carboxylic acids is 1. The van der Waals surface area contributed by atoms with Crippen molar-refractivity contribution in [1.82, 2.24) is 4.98 Å². The van der Waals surface area contributed by atoms with Gasteiger partial charge >= 0.3 is 0 Å². The van der Waals surface area contributed by atoms with Gasteiger partial charge < -0.3 is 10.4 Å². The Balaban J connectivity index is 0.000000500. The van der Waals surface area contributed by atoms with Crippen LogP contribution in [0.5, 0.6) is 0 Å². The minimum absolute atomic E-state index is 0.247. The van der Waals surface area contributed by atoms with Gasteiger partial charge in [0.05, 0.1) is 0 Å². The molecule has 0 unspecified atom stereocenters. The summed E-state index contributed by atoms with van der Waals surface area (Å²) in [7, 11) is 0. The van der Waals surface area contributed by atoms with Gasteiger partial charge in [0.2, 0.25) is 5.91 Å². The molecule has 0 spiro atoms. The highest BCUT2D eigenvalue weighted by atomic mass is 16.3. The van der Waals surface area contributed by atoms with Crippen LogP contribution in [0.4, 0.5) is 5.82 Å². The number of amides is 1. The third kappa shape index (κ3) is 5.48. The van der Waals surface area contributed by atoms with Crippen LogP contribution in [0.2, 0.25) is 0 Å². The summed E-state index contributed by atoms with van der Waals surface area (Å²) in [5.41, 5.74) is 0. The fourth-order valence-electron chi connectivity index (χ4n) is 0.614. The molecule has 0 fully saturated rings. The first-order valence-electron chi connectivity index (χ1n) is 3.67. The van der Waals surface area contributed by atoms with Gasteiger partial charge in [-0.2, -0.15) is 0 Å².